The molecular weight excluding hydrogens is 336 g/mol. The Labute approximate surface area is 151 Å². The number of likely N-dealkylation sites (tertiary alicyclic amines) is 1. The summed E-state index contributed by atoms with van der Waals surface area (Å²) in [4.78, 5) is 2.65. The van der Waals surface area contributed by atoms with Crippen molar-refractivity contribution in [2.75, 3.05) is 19.6 Å². The highest BCUT2D eigenvalue weighted by atomic mass is 32.2. The van der Waals surface area contributed by atoms with Crippen molar-refractivity contribution < 1.29 is 13.2 Å². The van der Waals surface area contributed by atoms with E-state index in [1.165, 1.54) is 25.7 Å². The monoisotopic (exact) mass is 366 g/mol. The lowest BCUT2D eigenvalue weighted by molar-refractivity contribution is 0.158. The lowest BCUT2D eigenvalue weighted by Gasteiger charge is -2.35. The van der Waals surface area contributed by atoms with Crippen molar-refractivity contribution in [1.82, 2.24) is 9.62 Å². The number of nitrogens with zero attached hydrogens (tertiary/aromatic N) is 1. The molecule has 6 heteroatoms. The van der Waals surface area contributed by atoms with E-state index in [0.717, 1.165) is 31.7 Å². The van der Waals surface area contributed by atoms with E-state index in [4.69, 9.17) is 4.74 Å². The SMILES string of the molecule is CC(C)(CNS(=O)(=O)c1ccc(OC2CCCC2)cc1)N1CCCC1. The first-order chi connectivity index (χ1) is 11.9. The lowest BCUT2D eigenvalue weighted by Crippen LogP contribution is -2.50. The number of sulfonamides is 1. The summed E-state index contributed by atoms with van der Waals surface area (Å²) in [5, 5.41) is 0. The molecule has 0 radical (unpaired) electrons. The second-order valence-corrected chi connectivity index (χ2v) is 9.59. The molecule has 1 aliphatic carbocycles. The van der Waals surface area contributed by atoms with Crippen LogP contribution in [0.5, 0.6) is 5.75 Å². The Balaban J connectivity index is 1.59. The minimum Gasteiger partial charge on any atom is -0.490 e. The topological polar surface area (TPSA) is 58.6 Å². The van der Waals surface area contributed by atoms with Crippen LogP contribution in [-0.4, -0.2) is 44.6 Å². The molecule has 1 aromatic rings. The zero-order chi connectivity index (χ0) is 17.9. The summed E-state index contributed by atoms with van der Waals surface area (Å²) in [6, 6.07) is 6.79. The second-order valence-electron chi connectivity index (χ2n) is 7.83. The first-order valence-electron chi connectivity index (χ1n) is 9.38. The molecule has 0 bridgehead atoms. The Morgan fingerprint density at radius 2 is 1.68 bits per heavy atom. The van der Waals surface area contributed by atoms with Crippen LogP contribution >= 0.6 is 0 Å². The van der Waals surface area contributed by atoms with E-state index in [9.17, 15) is 8.42 Å². The quantitative estimate of drug-likeness (QED) is 0.805. The largest absolute Gasteiger partial charge is 0.490 e. The third-order valence-electron chi connectivity index (χ3n) is 5.40. The molecule has 1 heterocycles. The first kappa shape index (κ1) is 18.7. The highest BCUT2D eigenvalue weighted by Crippen LogP contribution is 2.25. The van der Waals surface area contributed by atoms with Crippen LogP contribution in [0.15, 0.2) is 29.2 Å². The molecule has 25 heavy (non-hydrogen) atoms. The number of rotatable bonds is 7. The summed E-state index contributed by atoms with van der Waals surface area (Å²) in [6.45, 7) is 6.69. The molecule has 140 valence electrons. The predicted octanol–water partition coefficient (Wildman–Crippen LogP) is 3.16. The van der Waals surface area contributed by atoms with Gasteiger partial charge in [0, 0.05) is 12.1 Å². The van der Waals surface area contributed by atoms with Crippen molar-refractivity contribution in [2.24, 2.45) is 0 Å². The fraction of sp³-hybridized carbons (Fsp3) is 0.684. The Kier molecular flexibility index (Phi) is 5.71. The maximum atomic E-state index is 12.6. The van der Waals surface area contributed by atoms with Crippen LogP contribution in [-0.2, 0) is 10.0 Å². The van der Waals surface area contributed by atoms with Gasteiger partial charge in [0.05, 0.1) is 11.0 Å². The van der Waals surface area contributed by atoms with E-state index < -0.39 is 10.0 Å². The van der Waals surface area contributed by atoms with Gasteiger partial charge in [-0.1, -0.05) is 0 Å². The van der Waals surface area contributed by atoms with Gasteiger partial charge in [0.25, 0.3) is 0 Å². The molecule has 2 aliphatic rings. The molecule has 0 amide bonds. The standard InChI is InChI=1S/C19H30N2O3S/c1-19(2,21-13-5-6-14-21)15-20-25(22,23)18-11-9-17(10-12-18)24-16-7-3-4-8-16/h9-12,16,20H,3-8,13-15H2,1-2H3. The Hall–Kier alpha value is -1.11. The van der Waals surface area contributed by atoms with Crippen molar-refractivity contribution >= 4 is 10.0 Å². The van der Waals surface area contributed by atoms with Crippen LogP contribution in [0, 0.1) is 0 Å². The molecule has 1 saturated carbocycles. The van der Waals surface area contributed by atoms with Gasteiger partial charge in [-0.3, -0.25) is 4.90 Å². The van der Waals surface area contributed by atoms with E-state index in [2.05, 4.69) is 23.5 Å². The number of hydrogen-bond donors (Lipinski definition) is 1. The van der Waals surface area contributed by atoms with Crippen molar-refractivity contribution in [1.29, 1.82) is 0 Å². The summed E-state index contributed by atoms with van der Waals surface area (Å²) in [7, 11) is -3.50. The molecule has 2 fully saturated rings. The minimum absolute atomic E-state index is 0.172. The van der Waals surface area contributed by atoms with Gasteiger partial charge in [-0.2, -0.15) is 0 Å². The van der Waals surface area contributed by atoms with Gasteiger partial charge in [-0.05, 0) is 89.7 Å². The molecule has 1 aliphatic heterocycles. The van der Waals surface area contributed by atoms with Gasteiger partial charge in [-0.15, -0.1) is 0 Å². The highest BCUT2D eigenvalue weighted by molar-refractivity contribution is 7.89. The third kappa shape index (κ3) is 4.74. The minimum atomic E-state index is -3.50. The van der Waals surface area contributed by atoms with Gasteiger partial charge < -0.3 is 4.74 Å². The first-order valence-corrected chi connectivity index (χ1v) is 10.9. The maximum absolute atomic E-state index is 12.6. The summed E-state index contributed by atoms with van der Waals surface area (Å²) in [5.74, 6) is 0.753. The van der Waals surface area contributed by atoms with Crippen LogP contribution in [0.25, 0.3) is 0 Å². The molecule has 0 unspecified atom stereocenters. The molecule has 1 saturated heterocycles. The summed E-state index contributed by atoms with van der Waals surface area (Å²) in [5.41, 5.74) is -0.172. The summed E-state index contributed by atoms with van der Waals surface area (Å²) < 4.78 is 33.8. The van der Waals surface area contributed by atoms with E-state index in [-0.39, 0.29) is 11.6 Å². The fourth-order valence-corrected chi connectivity index (χ4v) is 4.89. The van der Waals surface area contributed by atoms with Gasteiger partial charge in [0.15, 0.2) is 0 Å². The zero-order valence-corrected chi connectivity index (χ0v) is 16.1. The van der Waals surface area contributed by atoms with Crippen molar-refractivity contribution in [3.63, 3.8) is 0 Å². The number of nitrogens with one attached hydrogen (secondary N) is 1. The number of ether oxygens (including phenoxy) is 1. The zero-order valence-electron chi connectivity index (χ0n) is 15.3. The number of hydrogen-bond acceptors (Lipinski definition) is 4. The van der Waals surface area contributed by atoms with Gasteiger partial charge >= 0.3 is 0 Å². The van der Waals surface area contributed by atoms with Gasteiger partial charge in [0.1, 0.15) is 5.75 Å². The lowest BCUT2D eigenvalue weighted by atomic mass is 10.0. The Morgan fingerprint density at radius 1 is 1.08 bits per heavy atom. The number of benzene rings is 1. The van der Waals surface area contributed by atoms with Crippen molar-refractivity contribution in [3.8, 4) is 5.75 Å². The summed E-state index contributed by atoms with van der Waals surface area (Å²) in [6.07, 6.45) is 7.28. The fourth-order valence-electron chi connectivity index (χ4n) is 3.69. The predicted molar refractivity (Wildman–Crippen MR) is 99.4 cm³/mol. The second kappa shape index (κ2) is 7.64. The van der Waals surface area contributed by atoms with Gasteiger partial charge in [-0.25, -0.2) is 13.1 Å². The Morgan fingerprint density at radius 3 is 2.28 bits per heavy atom. The Bertz CT molecular complexity index is 658. The maximum Gasteiger partial charge on any atom is 0.240 e. The van der Waals surface area contributed by atoms with Crippen molar-refractivity contribution in [2.45, 2.75) is 68.9 Å². The van der Waals surface area contributed by atoms with E-state index in [1.54, 1.807) is 24.3 Å². The van der Waals surface area contributed by atoms with Crippen LogP contribution in [0.3, 0.4) is 0 Å². The molecule has 0 aromatic heterocycles. The van der Waals surface area contributed by atoms with Crippen molar-refractivity contribution in [3.05, 3.63) is 24.3 Å². The van der Waals surface area contributed by atoms with E-state index in [1.807, 2.05) is 0 Å². The average molecular weight is 367 g/mol. The smallest absolute Gasteiger partial charge is 0.240 e. The molecule has 3 rings (SSSR count). The molecule has 0 spiro atoms. The molecule has 5 nitrogen and oxygen atoms in total. The average Bonchev–Trinajstić information content (AvgIpc) is 3.28. The molecular formula is C19H30N2O3S. The van der Waals surface area contributed by atoms with E-state index in [0.29, 0.717) is 11.4 Å². The van der Waals surface area contributed by atoms with Crippen LogP contribution < -0.4 is 9.46 Å². The molecule has 1 aromatic carbocycles. The van der Waals surface area contributed by atoms with Crippen LogP contribution in [0.4, 0.5) is 0 Å². The normalized spacial score (nSPS) is 20.2. The van der Waals surface area contributed by atoms with Crippen LogP contribution in [0.1, 0.15) is 52.4 Å². The van der Waals surface area contributed by atoms with E-state index >= 15 is 0 Å². The molecule has 1 N–H and O–H groups in total. The third-order valence-corrected chi connectivity index (χ3v) is 6.81. The summed E-state index contributed by atoms with van der Waals surface area (Å²) >= 11 is 0. The highest BCUT2D eigenvalue weighted by Gasteiger charge is 2.30. The van der Waals surface area contributed by atoms with Crippen LogP contribution in [0.2, 0.25) is 0 Å². The molecule has 0 atom stereocenters. The van der Waals surface area contributed by atoms with Gasteiger partial charge in [0.2, 0.25) is 10.0 Å².